The minimum Gasteiger partial charge on any atom is -0.450 e. The number of Topliss-reactive ketones (excluding diaryl/α,β-unsaturated/α-hetero) is 1. The highest BCUT2D eigenvalue weighted by Gasteiger charge is 2.19. The van der Waals surface area contributed by atoms with Crippen LogP contribution in [0.4, 0.5) is 0 Å². The lowest BCUT2D eigenvalue weighted by molar-refractivity contribution is -0.152. The van der Waals surface area contributed by atoms with E-state index in [4.69, 9.17) is 16.3 Å². The van der Waals surface area contributed by atoms with Crippen LogP contribution < -0.4 is 0 Å². The van der Waals surface area contributed by atoms with Gasteiger partial charge in [0.2, 0.25) is 0 Å². The van der Waals surface area contributed by atoms with Crippen molar-refractivity contribution in [3.05, 3.63) is 34.9 Å². The van der Waals surface area contributed by atoms with E-state index in [1.165, 1.54) is 13.8 Å². The normalized spacial score (nSPS) is 11.9. The summed E-state index contributed by atoms with van der Waals surface area (Å²) in [4.78, 5) is 22.1. The molecule has 1 atom stereocenters. The van der Waals surface area contributed by atoms with Gasteiger partial charge in [0.1, 0.15) is 0 Å². The van der Waals surface area contributed by atoms with Crippen LogP contribution in [0.3, 0.4) is 0 Å². The van der Waals surface area contributed by atoms with E-state index in [1.54, 1.807) is 24.3 Å². The molecule has 0 spiro atoms. The molecule has 0 heterocycles. The van der Waals surface area contributed by atoms with Gasteiger partial charge in [0.15, 0.2) is 11.9 Å². The molecule has 1 aromatic carbocycles. The fourth-order valence-electron chi connectivity index (χ4n) is 1.22. The minimum atomic E-state index is -0.860. The second kappa shape index (κ2) is 4.94. The zero-order valence-electron chi connectivity index (χ0n) is 8.49. The lowest BCUT2D eigenvalue weighted by atomic mass is 10.1. The molecule has 3 nitrogen and oxygen atoms in total. The number of esters is 1. The summed E-state index contributed by atoms with van der Waals surface area (Å²) < 4.78 is 4.91. The zero-order valence-corrected chi connectivity index (χ0v) is 9.25. The van der Waals surface area contributed by atoms with E-state index in [0.717, 1.165) is 0 Å². The fourth-order valence-corrected chi connectivity index (χ4v) is 1.42. The molecule has 0 aromatic heterocycles. The van der Waals surface area contributed by atoms with Crippen LogP contribution in [0.1, 0.15) is 25.5 Å². The third kappa shape index (κ3) is 3.36. The van der Waals surface area contributed by atoms with Crippen LogP contribution in [-0.2, 0) is 14.3 Å². The first-order chi connectivity index (χ1) is 7.00. The summed E-state index contributed by atoms with van der Waals surface area (Å²) in [5.74, 6) is -0.720. The number of carbonyl (C=O) groups excluding carboxylic acids is 2. The summed E-state index contributed by atoms with van der Waals surface area (Å²) in [6, 6.07) is 6.70. The first-order valence-electron chi connectivity index (χ1n) is 4.44. The van der Waals surface area contributed by atoms with Crippen molar-refractivity contribution in [3.63, 3.8) is 0 Å². The number of ether oxygens (including phenoxy) is 1. The molecule has 0 saturated heterocycles. The Bertz CT molecular complexity index is 387. The second-order valence-corrected chi connectivity index (χ2v) is 3.59. The lowest BCUT2D eigenvalue weighted by Crippen LogP contribution is -2.15. The molecular weight excluding hydrogens is 216 g/mol. The van der Waals surface area contributed by atoms with E-state index in [1.807, 2.05) is 0 Å². The van der Waals surface area contributed by atoms with Crippen molar-refractivity contribution in [2.75, 3.05) is 0 Å². The van der Waals surface area contributed by atoms with E-state index in [0.29, 0.717) is 10.6 Å². The lowest BCUT2D eigenvalue weighted by Gasteiger charge is -2.14. The van der Waals surface area contributed by atoms with Gasteiger partial charge in [-0.25, -0.2) is 0 Å². The molecule has 0 aliphatic heterocycles. The molecule has 4 heteroatoms. The minimum absolute atomic E-state index is 0.229. The van der Waals surface area contributed by atoms with Gasteiger partial charge in [0.25, 0.3) is 0 Å². The van der Waals surface area contributed by atoms with Crippen molar-refractivity contribution in [1.29, 1.82) is 0 Å². The maximum Gasteiger partial charge on any atom is 0.303 e. The Hall–Kier alpha value is -1.35. The van der Waals surface area contributed by atoms with Crippen molar-refractivity contribution in [1.82, 2.24) is 0 Å². The summed E-state index contributed by atoms with van der Waals surface area (Å²) >= 11 is 5.78. The van der Waals surface area contributed by atoms with Crippen LogP contribution in [0, 0.1) is 0 Å². The van der Waals surface area contributed by atoms with Crippen molar-refractivity contribution in [2.45, 2.75) is 20.0 Å². The Morgan fingerprint density at radius 2 is 2.00 bits per heavy atom. The van der Waals surface area contributed by atoms with Crippen LogP contribution in [0.2, 0.25) is 5.02 Å². The Morgan fingerprint density at radius 3 is 2.47 bits per heavy atom. The van der Waals surface area contributed by atoms with E-state index < -0.39 is 12.1 Å². The Kier molecular flexibility index (Phi) is 3.86. The molecule has 0 fully saturated rings. The summed E-state index contributed by atoms with van der Waals surface area (Å²) in [6.07, 6.45) is -0.860. The van der Waals surface area contributed by atoms with E-state index in [2.05, 4.69) is 0 Å². The molecule has 1 aromatic rings. The summed E-state index contributed by atoms with van der Waals surface area (Å²) in [6.45, 7) is 2.63. The number of hydrogen-bond donors (Lipinski definition) is 0. The maximum atomic E-state index is 11.3. The monoisotopic (exact) mass is 226 g/mol. The fraction of sp³-hybridized carbons (Fsp3) is 0.273. The highest BCUT2D eigenvalue weighted by molar-refractivity contribution is 6.30. The Labute approximate surface area is 93.0 Å². The predicted molar refractivity (Wildman–Crippen MR) is 56.6 cm³/mol. The number of halogens is 1. The quantitative estimate of drug-likeness (QED) is 0.744. The number of rotatable bonds is 3. The highest BCUT2D eigenvalue weighted by atomic mass is 35.5. The standard InChI is InChI=1S/C11H11ClO3/c1-7(13)11(15-8(2)14)9-4-3-5-10(12)6-9/h3-6,11H,1-2H3/t11-/m0/s1. The molecule has 80 valence electrons. The van der Waals surface area contributed by atoms with Crippen LogP contribution in [0.5, 0.6) is 0 Å². The molecule has 0 N–H and O–H groups in total. The first kappa shape index (κ1) is 11.7. The number of benzene rings is 1. The van der Waals surface area contributed by atoms with Gasteiger partial charge in [-0.1, -0.05) is 23.7 Å². The maximum absolute atomic E-state index is 11.3. The number of hydrogen-bond acceptors (Lipinski definition) is 3. The summed E-state index contributed by atoms with van der Waals surface area (Å²) in [7, 11) is 0. The molecule has 0 bridgehead atoms. The topological polar surface area (TPSA) is 43.4 Å². The zero-order chi connectivity index (χ0) is 11.4. The van der Waals surface area contributed by atoms with Crippen LogP contribution in [0.15, 0.2) is 24.3 Å². The SMILES string of the molecule is CC(=O)O[C@@H](C(C)=O)c1cccc(Cl)c1. The van der Waals surface area contributed by atoms with Crippen molar-refractivity contribution in [3.8, 4) is 0 Å². The average molecular weight is 227 g/mol. The molecule has 1 rings (SSSR count). The van der Waals surface area contributed by atoms with Gasteiger partial charge in [-0.05, 0) is 19.1 Å². The van der Waals surface area contributed by atoms with Crippen molar-refractivity contribution in [2.24, 2.45) is 0 Å². The largest absolute Gasteiger partial charge is 0.450 e. The summed E-state index contributed by atoms with van der Waals surface area (Å²) in [5, 5.41) is 0.505. The third-order valence-corrected chi connectivity index (χ3v) is 2.04. The van der Waals surface area contributed by atoms with Gasteiger partial charge in [0.05, 0.1) is 0 Å². The van der Waals surface area contributed by atoms with Gasteiger partial charge < -0.3 is 4.74 Å². The highest BCUT2D eigenvalue weighted by Crippen LogP contribution is 2.21. The van der Waals surface area contributed by atoms with E-state index in [9.17, 15) is 9.59 Å². The van der Waals surface area contributed by atoms with Crippen molar-refractivity contribution < 1.29 is 14.3 Å². The number of carbonyl (C=O) groups is 2. The van der Waals surface area contributed by atoms with Crippen molar-refractivity contribution >= 4 is 23.4 Å². The van der Waals surface area contributed by atoms with Crippen LogP contribution in [-0.4, -0.2) is 11.8 Å². The van der Waals surface area contributed by atoms with Gasteiger partial charge in [-0.2, -0.15) is 0 Å². The van der Waals surface area contributed by atoms with Gasteiger partial charge >= 0.3 is 5.97 Å². The molecule has 0 aliphatic carbocycles. The van der Waals surface area contributed by atoms with Crippen LogP contribution in [0.25, 0.3) is 0 Å². The molecule has 0 unspecified atom stereocenters. The van der Waals surface area contributed by atoms with Gasteiger partial charge in [0, 0.05) is 17.5 Å². The molecule has 0 amide bonds. The van der Waals surface area contributed by atoms with E-state index >= 15 is 0 Å². The molecular formula is C11H11ClO3. The van der Waals surface area contributed by atoms with Gasteiger partial charge in [-0.3, -0.25) is 9.59 Å². The molecule has 0 radical (unpaired) electrons. The third-order valence-electron chi connectivity index (χ3n) is 1.80. The molecule has 0 saturated carbocycles. The van der Waals surface area contributed by atoms with E-state index in [-0.39, 0.29) is 5.78 Å². The second-order valence-electron chi connectivity index (χ2n) is 3.16. The molecule has 0 aliphatic rings. The smallest absolute Gasteiger partial charge is 0.303 e. The predicted octanol–water partition coefficient (Wildman–Crippen LogP) is 2.53. The van der Waals surface area contributed by atoms with Crippen LogP contribution >= 0.6 is 11.6 Å². The van der Waals surface area contributed by atoms with Gasteiger partial charge in [-0.15, -0.1) is 0 Å². The summed E-state index contributed by atoms with van der Waals surface area (Å²) in [5.41, 5.74) is 0.588. The average Bonchev–Trinajstić information content (AvgIpc) is 2.13. The number of ketones is 1. The molecule has 15 heavy (non-hydrogen) atoms. The first-order valence-corrected chi connectivity index (χ1v) is 4.81. The Morgan fingerprint density at radius 1 is 1.33 bits per heavy atom. The Balaban J connectivity index is 2.98.